The lowest BCUT2D eigenvalue weighted by Gasteiger charge is -2.13. The van der Waals surface area contributed by atoms with E-state index in [1.54, 1.807) is 19.4 Å². The molecule has 1 heterocycles. The summed E-state index contributed by atoms with van der Waals surface area (Å²) in [5, 5.41) is 3.89. The van der Waals surface area contributed by atoms with Crippen LogP contribution >= 0.6 is 11.6 Å². The molecule has 0 unspecified atom stereocenters. The molecule has 0 saturated heterocycles. The van der Waals surface area contributed by atoms with Gasteiger partial charge < -0.3 is 14.8 Å². The summed E-state index contributed by atoms with van der Waals surface area (Å²) in [6, 6.07) is 9.63. The molecule has 0 atom stereocenters. The number of rotatable bonds is 8. The number of nitrogens with one attached hydrogen (secondary N) is 1. The fourth-order valence-electron chi connectivity index (χ4n) is 2.10. The third-order valence-electron chi connectivity index (χ3n) is 3.29. The molecular formula is C18H23ClN2O2. The van der Waals surface area contributed by atoms with Crippen LogP contribution in [0.3, 0.4) is 0 Å². The Kier molecular flexibility index (Phi) is 6.68. The SMILES string of the molecule is COc1cc(CNCC(C)C)ccc1OCc1ccc(Cl)nc1. The minimum absolute atomic E-state index is 0.422. The lowest BCUT2D eigenvalue weighted by molar-refractivity contribution is 0.284. The third-order valence-corrected chi connectivity index (χ3v) is 3.52. The van der Waals surface area contributed by atoms with Crippen molar-refractivity contribution in [3.63, 3.8) is 0 Å². The van der Waals surface area contributed by atoms with Crippen LogP contribution in [-0.2, 0) is 13.2 Å². The van der Waals surface area contributed by atoms with Crippen LogP contribution in [0, 0.1) is 5.92 Å². The number of pyridine rings is 1. The molecule has 0 fully saturated rings. The highest BCUT2D eigenvalue weighted by atomic mass is 35.5. The van der Waals surface area contributed by atoms with E-state index in [1.165, 1.54) is 5.56 Å². The maximum atomic E-state index is 5.82. The quantitative estimate of drug-likeness (QED) is 0.739. The molecule has 0 aliphatic rings. The maximum absolute atomic E-state index is 5.82. The topological polar surface area (TPSA) is 43.4 Å². The highest BCUT2D eigenvalue weighted by Gasteiger charge is 2.07. The van der Waals surface area contributed by atoms with Gasteiger partial charge in [0.15, 0.2) is 11.5 Å². The molecule has 4 nitrogen and oxygen atoms in total. The standard InChI is InChI=1S/C18H23ClN2O2/c1-13(2)9-20-10-14-4-6-16(17(8-14)22-3)23-12-15-5-7-18(19)21-11-15/h4-8,11,13,20H,9-10,12H2,1-3H3. The highest BCUT2D eigenvalue weighted by Crippen LogP contribution is 2.28. The van der Waals surface area contributed by atoms with Gasteiger partial charge in [-0.05, 0) is 36.2 Å². The van der Waals surface area contributed by atoms with Crippen LogP contribution in [0.15, 0.2) is 36.5 Å². The summed E-state index contributed by atoms with van der Waals surface area (Å²) in [6.07, 6.45) is 1.71. The van der Waals surface area contributed by atoms with Gasteiger partial charge in [0, 0.05) is 18.3 Å². The van der Waals surface area contributed by atoms with Gasteiger partial charge in [-0.2, -0.15) is 0 Å². The Balaban J connectivity index is 1.97. The number of hydrogen-bond donors (Lipinski definition) is 1. The molecule has 1 aromatic heterocycles. The Morgan fingerprint density at radius 2 is 1.91 bits per heavy atom. The average Bonchev–Trinajstić information content (AvgIpc) is 2.54. The van der Waals surface area contributed by atoms with Crippen LogP contribution in [-0.4, -0.2) is 18.6 Å². The van der Waals surface area contributed by atoms with Crippen molar-refractivity contribution in [3.8, 4) is 11.5 Å². The van der Waals surface area contributed by atoms with Crippen LogP contribution in [0.4, 0.5) is 0 Å². The second-order valence-corrected chi connectivity index (χ2v) is 6.18. The van der Waals surface area contributed by atoms with Crippen molar-refractivity contribution in [2.24, 2.45) is 5.92 Å². The molecule has 2 rings (SSSR count). The summed E-state index contributed by atoms with van der Waals surface area (Å²) in [5.41, 5.74) is 2.13. The largest absolute Gasteiger partial charge is 0.493 e. The van der Waals surface area contributed by atoms with Gasteiger partial charge in [0.2, 0.25) is 0 Å². The van der Waals surface area contributed by atoms with E-state index in [1.807, 2.05) is 24.3 Å². The molecule has 0 amide bonds. The molecule has 0 bridgehead atoms. The summed E-state index contributed by atoms with van der Waals surface area (Å²) in [4.78, 5) is 4.04. The zero-order valence-corrected chi connectivity index (χ0v) is 14.6. The first-order chi connectivity index (χ1) is 11.1. The lowest BCUT2D eigenvalue weighted by Crippen LogP contribution is -2.18. The summed E-state index contributed by atoms with van der Waals surface area (Å²) >= 11 is 5.78. The predicted octanol–water partition coefficient (Wildman–Crippen LogP) is 4.07. The fraction of sp³-hybridized carbons (Fsp3) is 0.389. The second-order valence-electron chi connectivity index (χ2n) is 5.79. The monoisotopic (exact) mass is 334 g/mol. The molecule has 23 heavy (non-hydrogen) atoms. The molecule has 0 saturated carbocycles. The molecule has 2 aromatic rings. The minimum atomic E-state index is 0.422. The van der Waals surface area contributed by atoms with E-state index in [4.69, 9.17) is 21.1 Å². The first-order valence-electron chi connectivity index (χ1n) is 7.69. The van der Waals surface area contributed by atoms with Crippen LogP contribution < -0.4 is 14.8 Å². The van der Waals surface area contributed by atoms with Gasteiger partial charge in [-0.25, -0.2) is 4.98 Å². The number of hydrogen-bond acceptors (Lipinski definition) is 4. The zero-order valence-electron chi connectivity index (χ0n) is 13.8. The first-order valence-corrected chi connectivity index (χ1v) is 8.07. The molecule has 0 aliphatic carbocycles. The van der Waals surface area contributed by atoms with Crippen LogP contribution in [0.1, 0.15) is 25.0 Å². The van der Waals surface area contributed by atoms with Gasteiger partial charge in [0.25, 0.3) is 0 Å². The van der Waals surface area contributed by atoms with Crippen LogP contribution in [0.25, 0.3) is 0 Å². The molecule has 1 N–H and O–H groups in total. The Labute approximate surface area is 142 Å². The Morgan fingerprint density at radius 3 is 2.57 bits per heavy atom. The molecule has 1 aromatic carbocycles. The van der Waals surface area contributed by atoms with Crippen LogP contribution in [0.5, 0.6) is 11.5 Å². The Morgan fingerprint density at radius 1 is 1.13 bits per heavy atom. The van der Waals surface area contributed by atoms with Crippen molar-refractivity contribution in [1.29, 1.82) is 0 Å². The summed E-state index contributed by atoms with van der Waals surface area (Å²) in [5.74, 6) is 2.08. The smallest absolute Gasteiger partial charge is 0.161 e. The van der Waals surface area contributed by atoms with Crippen molar-refractivity contribution < 1.29 is 9.47 Å². The van der Waals surface area contributed by atoms with E-state index in [0.29, 0.717) is 17.7 Å². The van der Waals surface area contributed by atoms with Crippen molar-refractivity contribution >= 4 is 11.6 Å². The van der Waals surface area contributed by atoms with Crippen molar-refractivity contribution in [1.82, 2.24) is 10.3 Å². The van der Waals surface area contributed by atoms with Gasteiger partial charge >= 0.3 is 0 Å². The minimum Gasteiger partial charge on any atom is -0.493 e. The van der Waals surface area contributed by atoms with E-state index in [-0.39, 0.29) is 0 Å². The van der Waals surface area contributed by atoms with E-state index < -0.39 is 0 Å². The van der Waals surface area contributed by atoms with Crippen molar-refractivity contribution in [2.45, 2.75) is 27.0 Å². The van der Waals surface area contributed by atoms with Gasteiger partial charge in [-0.1, -0.05) is 37.6 Å². The van der Waals surface area contributed by atoms with E-state index in [2.05, 4.69) is 24.1 Å². The first kappa shape index (κ1) is 17.6. The number of halogens is 1. The fourth-order valence-corrected chi connectivity index (χ4v) is 2.21. The summed E-state index contributed by atoms with van der Waals surface area (Å²) in [6.45, 7) is 6.61. The van der Waals surface area contributed by atoms with E-state index in [0.717, 1.165) is 30.2 Å². The summed E-state index contributed by atoms with van der Waals surface area (Å²) < 4.78 is 11.3. The van der Waals surface area contributed by atoms with Gasteiger partial charge in [-0.15, -0.1) is 0 Å². The van der Waals surface area contributed by atoms with Crippen molar-refractivity contribution in [2.75, 3.05) is 13.7 Å². The zero-order chi connectivity index (χ0) is 16.7. The molecule has 5 heteroatoms. The molecule has 0 radical (unpaired) electrons. The van der Waals surface area contributed by atoms with Gasteiger partial charge in [0.05, 0.1) is 7.11 Å². The number of methoxy groups -OCH3 is 1. The molecule has 124 valence electrons. The van der Waals surface area contributed by atoms with Gasteiger partial charge in [0.1, 0.15) is 11.8 Å². The Bertz CT molecular complexity index is 615. The van der Waals surface area contributed by atoms with E-state index in [9.17, 15) is 0 Å². The number of aromatic nitrogens is 1. The Hall–Kier alpha value is -1.78. The third kappa shape index (κ3) is 5.73. The lowest BCUT2D eigenvalue weighted by atomic mass is 10.2. The van der Waals surface area contributed by atoms with E-state index >= 15 is 0 Å². The number of benzene rings is 1. The maximum Gasteiger partial charge on any atom is 0.161 e. The summed E-state index contributed by atoms with van der Waals surface area (Å²) in [7, 11) is 1.65. The van der Waals surface area contributed by atoms with Gasteiger partial charge in [-0.3, -0.25) is 0 Å². The average molecular weight is 335 g/mol. The predicted molar refractivity (Wildman–Crippen MR) is 93.1 cm³/mol. The second kappa shape index (κ2) is 8.75. The van der Waals surface area contributed by atoms with Crippen LogP contribution in [0.2, 0.25) is 5.15 Å². The number of nitrogens with zero attached hydrogens (tertiary/aromatic N) is 1. The van der Waals surface area contributed by atoms with Crippen molar-refractivity contribution in [3.05, 3.63) is 52.8 Å². The normalized spacial score (nSPS) is 10.8. The molecule has 0 spiro atoms. The number of ether oxygens (including phenoxy) is 2. The molecule has 0 aliphatic heterocycles. The highest BCUT2D eigenvalue weighted by molar-refractivity contribution is 6.29. The molecular weight excluding hydrogens is 312 g/mol.